The van der Waals surface area contributed by atoms with E-state index >= 15 is 0 Å². The third-order valence-corrected chi connectivity index (χ3v) is 3.82. The second-order valence-corrected chi connectivity index (χ2v) is 5.84. The molecule has 1 aromatic rings. The molecule has 1 aromatic carbocycles. The average Bonchev–Trinajstić information content (AvgIpc) is 2.32. The summed E-state index contributed by atoms with van der Waals surface area (Å²) in [5, 5.41) is 2.79. The van der Waals surface area contributed by atoms with Crippen LogP contribution in [0.3, 0.4) is 0 Å². The summed E-state index contributed by atoms with van der Waals surface area (Å²) in [5.41, 5.74) is -0.259. The summed E-state index contributed by atoms with van der Waals surface area (Å²) in [5.74, 6) is 0.416. The van der Waals surface area contributed by atoms with Gasteiger partial charge in [0, 0.05) is 17.6 Å². The zero-order valence-electron chi connectivity index (χ0n) is 10.6. The molecule has 18 heavy (non-hydrogen) atoms. The summed E-state index contributed by atoms with van der Waals surface area (Å²) in [7, 11) is 3.06. The second kappa shape index (κ2) is 6.04. The van der Waals surface area contributed by atoms with Crippen molar-refractivity contribution in [2.24, 2.45) is 0 Å². The van der Waals surface area contributed by atoms with Crippen molar-refractivity contribution in [3.63, 3.8) is 0 Å². The van der Waals surface area contributed by atoms with Crippen molar-refractivity contribution in [2.75, 3.05) is 19.5 Å². The Morgan fingerprint density at radius 2 is 1.83 bits per heavy atom. The molecule has 1 N–H and O–H groups in total. The van der Waals surface area contributed by atoms with E-state index in [1.807, 2.05) is 6.07 Å². The number of hydrogen-bond acceptors (Lipinski definition) is 3. The number of amides is 1. The van der Waals surface area contributed by atoms with E-state index in [4.69, 9.17) is 9.47 Å². The van der Waals surface area contributed by atoms with Gasteiger partial charge in [-0.2, -0.15) is 0 Å². The average molecular weight is 381 g/mol. The Kier molecular flexibility index (Phi) is 5.19. The lowest BCUT2D eigenvalue weighted by Crippen LogP contribution is -2.38. The maximum Gasteiger partial charge on any atom is 0.256 e. The number of ether oxygens (including phenoxy) is 2. The van der Waals surface area contributed by atoms with Gasteiger partial charge in [-0.1, -0.05) is 0 Å². The smallest absolute Gasteiger partial charge is 0.256 e. The Morgan fingerprint density at radius 1 is 1.22 bits per heavy atom. The molecule has 0 aromatic heterocycles. The molecular weight excluding hydrogens is 366 g/mol. The number of nitrogens with one attached hydrogen (secondary N) is 1. The summed E-state index contributed by atoms with van der Waals surface area (Å²) >= 11 is 6.75. The first-order valence-electron chi connectivity index (χ1n) is 5.21. The van der Waals surface area contributed by atoms with Crippen LogP contribution in [0.15, 0.2) is 21.1 Å². The first-order chi connectivity index (χ1) is 8.31. The zero-order valence-corrected chi connectivity index (χ0v) is 13.8. The van der Waals surface area contributed by atoms with E-state index in [-0.39, 0.29) is 5.91 Å². The Bertz CT molecular complexity index is 461. The number of benzene rings is 1. The van der Waals surface area contributed by atoms with Gasteiger partial charge in [0.05, 0.1) is 17.3 Å². The van der Waals surface area contributed by atoms with Crippen molar-refractivity contribution in [1.29, 1.82) is 0 Å². The first kappa shape index (κ1) is 15.5. The summed E-state index contributed by atoms with van der Waals surface area (Å²) in [4.78, 5) is 12.0. The Hall–Kier alpha value is -0.590. The van der Waals surface area contributed by atoms with E-state index in [0.29, 0.717) is 11.4 Å². The molecule has 0 aliphatic carbocycles. The summed E-state index contributed by atoms with van der Waals surface area (Å²) in [6, 6.07) is 3.55. The molecule has 0 atom stereocenters. The quantitative estimate of drug-likeness (QED) is 0.868. The highest BCUT2D eigenvalue weighted by Gasteiger charge is 2.27. The van der Waals surface area contributed by atoms with Crippen molar-refractivity contribution < 1.29 is 14.3 Å². The number of hydrogen-bond donors (Lipinski definition) is 1. The molecule has 0 heterocycles. The molecular formula is C12H15Br2NO3. The highest BCUT2D eigenvalue weighted by molar-refractivity contribution is 9.11. The SMILES string of the molecule is COc1cc(NC(=O)C(C)(C)OC)c(Br)cc1Br. The lowest BCUT2D eigenvalue weighted by Gasteiger charge is -2.22. The fourth-order valence-electron chi connectivity index (χ4n) is 1.15. The van der Waals surface area contributed by atoms with Crippen molar-refractivity contribution in [1.82, 2.24) is 0 Å². The summed E-state index contributed by atoms with van der Waals surface area (Å²) in [6.45, 7) is 3.40. The topological polar surface area (TPSA) is 47.6 Å². The minimum atomic E-state index is -0.889. The van der Waals surface area contributed by atoms with Crippen LogP contribution in [-0.4, -0.2) is 25.7 Å². The third-order valence-electron chi connectivity index (χ3n) is 2.55. The van der Waals surface area contributed by atoms with E-state index < -0.39 is 5.60 Å². The largest absolute Gasteiger partial charge is 0.495 e. The van der Waals surface area contributed by atoms with Crippen LogP contribution >= 0.6 is 31.9 Å². The lowest BCUT2D eigenvalue weighted by molar-refractivity contribution is -0.133. The molecule has 100 valence electrons. The van der Waals surface area contributed by atoms with Gasteiger partial charge >= 0.3 is 0 Å². The predicted octanol–water partition coefficient (Wildman–Crippen LogP) is 3.58. The Labute approximate surface area is 123 Å². The number of rotatable bonds is 4. The van der Waals surface area contributed by atoms with E-state index in [9.17, 15) is 4.79 Å². The molecule has 0 radical (unpaired) electrons. The van der Waals surface area contributed by atoms with E-state index in [1.54, 1.807) is 27.0 Å². The van der Waals surface area contributed by atoms with E-state index in [2.05, 4.69) is 37.2 Å². The van der Waals surface area contributed by atoms with Gasteiger partial charge in [0.15, 0.2) is 0 Å². The van der Waals surface area contributed by atoms with Crippen molar-refractivity contribution in [3.05, 3.63) is 21.1 Å². The van der Waals surface area contributed by atoms with Gasteiger partial charge in [-0.25, -0.2) is 0 Å². The van der Waals surface area contributed by atoms with Crippen LogP contribution < -0.4 is 10.1 Å². The van der Waals surface area contributed by atoms with Crippen LogP contribution in [0.25, 0.3) is 0 Å². The van der Waals surface area contributed by atoms with Crippen LogP contribution in [-0.2, 0) is 9.53 Å². The van der Waals surface area contributed by atoms with Gasteiger partial charge in [0.2, 0.25) is 0 Å². The van der Waals surface area contributed by atoms with E-state index in [0.717, 1.165) is 8.95 Å². The molecule has 0 bridgehead atoms. The monoisotopic (exact) mass is 379 g/mol. The maximum absolute atomic E-state index is 12.0. The fourth-order valence-corrected chi connectivity index (χ4v) is 2.40. The molecule has 0 saturated carbocycles. The Balaban J connectivity index is 3.01. The molecule has 0 saturated heterocycles. The van der Waals surface area contributed by atoms with Crippen LogP contribution in [0.1, 0.15) is 13.8 Å². The fraction of sp³-hybridized carbons (Fsp3) is 0.417. The lowest BCUT2D eigenvalue weighted by atomic mass is 10.1. The molecule has 1 rings (SSSR count). The standard InChI is InChI=1S/C12H15Br2NO3/c1-12(2,18-4)11(16)15-9-6-10(17-3)8(14)5-7(9)13/h5-6H,1-4H3,(H,15,16). The number of carbonyl (C=O) groups is 1. The molecule has 0 unspecified atom stereocenters. The Morgan fingerprint density at radius 3 is 2.33 bits per heavy atom. The van der Waals surface area contributed by atoms with Gasteiger partial charge in [0.25, 0.3) is 5.91 Å². The molecule has 1 amide bonds. The van der Waals surface area contributed by atoms with Crippen LogP contribution in [0.2, 0.25) is 0 Å². The maximum atomic E-state index is 12.0. The highest BCUT2D eigenvalue weighted by atomic mass is 79.9. The molecule has 6 heteroatoms. The third kappa shape index (κ3) is 3.46. The normalized spacial score (nSPS) is 11.2. The number of carbonyl (C=O) groups excluding carboxylic acids is 1. The summed E-state index contributed by atoms with van der Waals surface area (Å²) in [6.07, 6.45) is 0. The first-order valence-corrected chi connectivity index (χ1v) is 6.80. The van der Waals surface area contributed by atoms with Gasteiger partial charge in [-0.05, 0) is 51.8 Å². The van der Waals surface area contributed by atoms with Crippen molar-refractivity contribution >= 4 is 43.5 Å². The minimum Gasteiger partial charge on any atom is -0.495 e. The van der Waals surface area contributed by atoms with Crippen molar-refractivity contribution in [3.8, 4) is 5.75 Å². The number of halogens is 2. The molecule has 0 aliphatic heterocycles. The van der Waals surface area contributed by atoms with Gasteiger partial charge in [-0.15, -0.1) is 0 Å². The highest BCUT2D eigenvalue weighted by Crippen LogP contribution is 2.34. The van der Waals surface area contributed by atoms with Crippen molar-refractivity contribution in [2.45, 2.75) is 19.4 Å². The predicted molar refractivity (Wildman–Crippen MR) is 78.1 cm³/mol. The molecule has 0 aliphatic rings. The van der Waals surface area contributed by atoms with Crippen LogP contribution in [0.5, 0.6) is 5.75 Å². The van der Waals surface area contributed by atoms with Gasteiger partial charge in [-0.3, -0.25) is 4.79 Å². The number of anilines is 1. The van der Waals surface area contributed by atoms with Gasteiger partial charge < -0.3 is 14.8 Å². The molecule has 4 nitrogen and oxygen atoms in total. The second-order valence-electron chi connectivity index (χ2n) is 4.14. The molecule has 0 spiro atoms. The molecule has 0 fully saturated rings. The van der Waals surface area contributed by atoms with Crippen LogP contribution in [0, 0.1) is 0 Å². The van der Waals surface area contributed by atoms with Gasteiger partial charge in [0.1, 0.15) is 11.4 Å². The van der Waals surface area contributed by atoms with E-state index in [1.165, 1.54) is 7.11 Å². The van der Waals surface area contributed by atoms with Crippen LogP contribution in [0.4, 0.5) is 5.69 Å². The zero-order chi connectivity index (χ0) is 13.9. The minimum absolute atomic E-state index is 0.227. The number of methoxy groups -OCH3 is 2. The summed E-state index contributed by atoms with van der Waals surface area (Å²) < 4.78 is 11.9.